The summed E-state index contributed by atoms with van der Waals surface area (Å²) in [4.78, 5) is 26.0. The van der Waals surface area contributed by atoms with Gasteiger partial charge < -0.3 is 31.6 Å². The standard InChI is InChI=1S/2C16H17FN4O2/c17-9-1-2-13-11(7-9)10(3-5-19-13)16(22)21-14-4-6-23-8-12(14)15(18)20-21;17-9-1-2-13-11(7-9)10(3-5-19-13)16(22)21-15(18)12-8-23-6-4-14(12)20-21/h1-2,7,10,19H,3-6,8H2,(H2,18,20);1-2,7,10,19H,3-6,8,18H2. The zero-order valence-corrected chi connectivity index (χ0v) is 25.0. The molecule has 0 aliphatic carbocycles. The SMILES string of the molecule is Nc1c2c(nn1C(=O)C1CCNc3ccc(F)cc31)CCOC2.Nc1nn(C(=O)C2CCNc3ccc(F)cc32)c2c1COCC2. The fourth-order valence-electron chi connectivity index (χ4n) is 6.61. The number of hydrogen-bond acceptors (Lipinski definition) is 10. The van der Waals surface area contributed by atoms with E-state index >= 15 is 0 Å². The minimum absolute atomic E-state index is 0.159. The minimum Gasteiger partial charge on any atom is -0.385 e. The molecule has 6 heterocycles. The second-order valence-corrected chi connectivity index (χ2v) is 11.7. The van der Waals surface area contributed by atoms with Crippen molar-refractivity contribution in [1.29, 1.82) is 0 Å². The maximum Gasteiger partial charge on any atom is 0.256 e. The van der Waals surface area contributed by atoms with E-state index in [1.165, 1.54) is 33.6 Å². The van der Waals surface area contributed by atoms with Crippen molar-refractivity contribution in [1.82, 2.24) is 19.6 Å². The predicted molar refractivity (Wildman–Crippen MR) is 166 cm³/mol. The molecule has 2 aromatic carbocycles. The Morgan fingerprint density at radius 3 is 1.96 bits per heavy atom. The van der Waals surface area contributed by atoms with Crippen LogP contribution in [0.2, 0.25) is 0 Å². The number of rotatable bonds is 2. The van der Waals surface area contributed by atoms with Gasteiger partial charge in [0, 0.05) is 48.4 Å². The highest BCUT2D eigenvalue weighted by atomic mass is 19.1. The van der Waals surface area contributed by atoms with Crippen LogP contribution in [-0.4, -0.2) is 57.7 Å². The highest BCUT2D eigenvalue weighted by Crippen LogP contribution is 2.36. The molecule has 12 nitrogen and oxygen atoms in total. The van der Waals surface area contributed by atoms with Crippen molar-refractivity contribution in [3.63, 3.8) is 0 Å². The van der Waals surface area contributed by atoms with E-state index in [2.05, 4.69) is 20.8 Å². The number of ether oxygens (including phenoxy) is 2. The number of anilines is 4. The molecular formula is C32H34F2N8O4. The third-order valence-electron chi connectivity index (χ3n) is 8.98. The molecule has 14 heteroatoms. The van der Waals surface area contributed by atoms with E-state index in [9.17, 15) is 18.4 Å². The van der Waals surface area contributed by atoms with Gasteiger partial charge in [0.1, 0.15) is 17.5 Å². The van der Waals surface area contributed by atoms with Crippen LogP contribution in [0.1, 0.15) is 67.9 Å². The van der Waals surface area contributed by atoms with E-state index in [0.717, 1.165) is 33.9 Å². The monoisotopic (exact) mass is 632 g/mol. The van der Waals surface area contributed by atoms with Crippen molar-refractivity contribution >= 4 is 34.8 Å². The third kappa shape index (κ3) is 5.36. The molecule has 2 unspecified atom stereocenters. The van der Waals surface area contributed by atoms with Gasteiger partial charge in [-0.1, -0.05) is 0 Å². The van der Waals surface area contributed by atoms with Gasteiger partial charge in [0.2, 0.25) is 0 Å². The van der Waals surface area contributed by atoms with Gasteiger partial charge in [-0.05, 0) is 60.4 Å². The number of fused-ring (bicyclic) bond motifs is 4. The molecular weight excluding hydrogens is 598 g/mol. The minimum atomic E-state index is -0.452. The van der Waals surface area contributed by atoms with Crippen molar-refractivity contribution < 1.29 is 27.8 Å². The lowest BCUT2D eigenvalue weighted by Crippen LogP contribution is -2.29. The molecule has 2 atom stereocenters. The Morgan fingerprint density at radius 2 is 1.35 bits per heavy atom. The predicted octanol–water partition coefficient (Wildman–Crippen LogP) is 3.83. The molecule has 4 aliphatic heterocycles. The quantitative estimate of drug-likeness (QED) is 0.255. The highest BCUT2D eigenvalue weighted by Gasteiger charge is 2.33. The molecule has 0 spiro atoms. The smallest absolute Gasteiger partial charge is 0.256 e. The Balaban J connectivity index is 0.000000147. The van der Waals surface area contributed by atoms with Gasteiger partial charge in [-0.2, -0.15) is 9.78 Å². The molecule has 0 bridgehead atoms. The zero-order chi connectivity index (χ0) is 31.9. The van der Waals surface area contributed by atoms with E-state index in [0.29, 0.717) is 88.0 Å². The summed E-state index contributed by atoms with van der Waals surface area (Å²) in [6, 6.07) is 8.94. The number of aromatic nitrogens is 4. The van der Waals surface area contributed by atoms with Crippen LogP contribution >= 0.6 is 0 Å². The number of benzene rings is 2. The molecule has 6 N–H and O–H groups in total. The van der Waals surface area contributed by atoms with Gasteiger partial charge in [0.15, 0.2) is 5.82 Å². The summed E-state index contributed by atoms with van der Waals surface area (Å²) >= 11 is 0. The maximum absolute atomic E-state index is 13.6. The van der Waals surface area contributed by atoms with Crippen LogP contribution in [0.4, 0.5) is 31.8 Å². The van der Waals surface area contributed by atoms with Crippen molar-refractivity contribution in [2.24, 2.45) is 0 Å². The normalized spacial score (nSPS) is 19.6. The van der Waals surface area contributed by atoms with Crippen LogP contribution in [0.25, 0.3) is 0 Å². The molecule has 2 aromatic heterocycles. The molecule has 0 fully saturated rings. The molecule has 8 rings (SSSR count). The number of nitrogen functional groups attached to an aromatic ring is 2. The zero-order valence-electron chi connectivity index (χ0n) is 25.0. The van der Waals surface area contributed by atoms with Crippen LogP contribution in [0.15, 0.2) is 36.4 Å². The molecule has 4 aliphatic rings. The lowest BCUT2D eigenvalue weighted by atomic mass is 9.90. The Labute approximate surface area is 263 Å². The Hall–Kier alpha value is -4.82. The topological polar surface area (TPSA) is 164 Å². The van der Waals surface area contributed by atoms with Crippen LogP contribution < -0.4 is 22.1 Å². The lowest BCUT2D eigenvalue weighted by Gasteiger charge is -2.26. The lowest BCUT2D eigenvalue weighted by molar-refractivity contribution is 0.0831. The van der Waals surface area contributed by atoms with Gasteiger partial charge in [0.05, 0.1) is 49.7 Å². The Morgan fingerprint density at radius 1 is 0.783 bits per heavy atom. The summed E-state index contributed by atoms with van der Waals surface area (Å²) in [5.41, 5.74) is 18.1. The summed E-state index contributed by atoms with van der Waals surface area (Å²) in [7, 11) is 0. The number of nitrogens with one attached hydrogen (secondary N) is 2. The first-order valence-corrected chi connectivity index (χ1v) is 15.3. The van der Waals surface area contributed by atoms with Crippen molar-refractivity contribution in [3.8, 4) is 0 Å². The summed E-state index contributed by atoms with van der Waals surface area (Å²) in [5, 5.41) is 15.0. The van der Waals surface area contributed by atoms with E-state index in [-0.39, 0.29) is 23.4 Å². The first-order chi connectivity index (χ1) is 22.3. The van der Waals surface area contributed by atoms with E-state index in [1.54, 1.807) is 12.1 Å². The van der Waals surface area contributed by atoms with Gasteiger partial charge in [-0.25, -0.2) is 13.5 Å². The fourth-order valence-corrected chi connectivity index (χ4v) is 6.61. The van der Waals surface area contributed by atoms with Gasteiger partial charge in [-0.15, -0.1) is 5.10 Å². The van der Waals surface area contributed by atoms with Gasteiger partial charge in [0.25, 0.3) is 11.8 Å². The van der Waals surface area contributed by atoms with Crippen molar-refractivity contribution in [2.75, 3.05) is 48.4 Å². The third-order valence-corrected chi connectivity index (χ3v) is 8.98. The largest absolute Gasteiger partial charge is 0.385 e. The van der Waals surface area contributed by atoms with Crippen molar-refractivity contribution in [2.45, 2.75) is 50.7 Å². The highest BCUT2D eigenvalue weighted by molar-refractivity contribution is 5.90. The van der Waals surface area contributed by atoms with E-state index in [1.807, 2.05) is 0 Å². The average molecular weight is 633 g/mol. The van der Waals surface area contributed by atoms with Crippen molar-refractivity contribution in [3.05, 3.63) is 81.7 Å². The number of carbonyl (C=O) groups is 2. The van der Waals surface area contributed by atoms with Crippen LogP contribution in [0.3, 0.4) is 0 Å². The summed E-state index contributed by atoms with van der Waals surface area (Å²) < 4.78 is 40.6. The number of halogens is 2. The molecule has 46 heavy (non-hydrogen) atoms. The van der Waals surface area contributed by atoms with Crippen LogP contribution in [-0.2, 0) is 35.5 Å². The Bertz CT molecular complexity index is 1830. The first kappa shape index (κ1) is 29.9. The average Bonchev–Trinajstić information content (AvgIpc) is 3.60. The van der Waals surface area contributed by atoms with Gasteiger partial charge >= 0.3 is 0 Å². The van der Waals surface area contributed by atoms with E-state index < -0.39 is 11.8 Å². The van der Waals surface area contributed by atoms with Gasteiger partial charge in [-0.3, -0.25) is 9.59 Å². The van der Waals surface area contributed by atoms with Crippen LogP contribution in [0.5, 0.6) is 0 Å². The van der Waals surface area contributed by atoms with E-state index in [4.69, 9.17) is 20.9 Å². The molecule has 0 saturated carbocycles. The maximum atomic E-state index is 13.6. The fraction of sp³-hybridized carbons (Fsp3) is 0.375. The first-order valence-electron chi connectivity index (χ1n) is 15.3. The summed E-state index contributed by atoms with van der Waals surface area (Å²) in [6.45, 7) is 3.20. The molecule has 4 aromatic rings. The number of nitrogens with zero attached hydrogens (tertiary/aromatic N) is 4. The number of carbonyl (C=O) groups excluding carboxylic acids is 2. The Kier molecular flexibility index (Phi) is 7.90. The van der Waals surface area contributed by atoms with Crippen LogP contribution in [0, 0.1) is 11.6 Å². The number of hydrogen-bond donors (Lipinski definition) is 4. The molecule has 0 amide bonds. The second-order valence-electron chi connectivity index (χ2n) is 11.7. The molecule has 0 radical (unpaired) electrons. The second kappa shape index (κ2) is 12.2. The molecule has 0 saturated heterocycles. The number of nitrogens with two attached hydrogens (primary N) is 2. The summed E-state index contributed by atoms with van der Waals surface area (Å²) in [5.74, 6) is -1.28. The molecule has 240 valence electrons. The summed E-state index contributed by atoms with van der Waals surface area (Å²) in [6.07, 6.45) is 2.43.